The van der Waals surface area contributed by atoms with Crippen LogP contribution in [0.15, 0.2) is 0 Å². The fraction of sp³-hybridized carbons (Fsp3) is 0.833. The summed E-state index contributed by atoms with van der Waals surface area (Å²) in [6, 6.07) is 0. The number of cyclic esters (lactones) is 1. The van der Waals surface area contributed by atoms with Crippen LogP contribution in [0, 0.1) is 5.92 Å². The second kappa shape index (κ2) is 3.34. The average molecular weight is 209 g/mol. The van der Waals surface area contributed by atoms with E-state index in [4.69, 9.17) is 0 Å². The molecule has 2 atom stereocenters. The minimum absolute atomic E-state index is 0.271. The zero-order chi connectivity index (χ0) is 7.56. The molecule has 1 aliphatic rings. The number of carbonyl (C=O) groups excluding carboxylic acids is 1. The highest BCUT2D eigenvalue weighted by Crippen LogP contribution is 2.19. The molecular formula is C6H9BrO3. The molecule has 0 aromatic carbocycles. The van der Waals surface area contributed by atoms with Gasteiger partial charge in [0.1, 0.15) is 0 Å². The van der Waals surface area contributed by atoms with Crippen LogP contribution in [0.2, 0.25) is 0 Å². The van der Waals surface area contributed by atoms with Gasteiger partial charge in [0.2, 0.25) is 0 Å². The molecule has 1 aliphatic heterocycles. The molecule has 1 heterocycles. The van der Waals surface area contributed by atoms with Gasteiger partial charge in [-0.15, -0.1) is 0 Å². The van der Waals surface area contributed by atoms with Crippen LogP contribution < -0.4 is 0 Å². The first-order chi connectivity index (χ1) is 4.75. The summed E-state index contributed by atoms with van der Waals surface area (Å²) in [4.78, 5) is 10.8. The lowest BCUT2D eigenvalue weighted by atomic mass is 10.0. The van der Waals surface area contributed by atoms with Gasteiger partial charge in [0, 0.05) is 5.33 Å². The van der Waals surface area contributed by atoms with Crippen molar-refractivity contribution in [1.82, 2.24) is 0 Å². The van der Waals surface area contributed by atoms with E-state index < -0.39 is 6.10 Å². The van der Waals surface area contributed by atoms with Crippen molar-refractivity contribution < 1.29 is 14.6 Å². The number of aliphatic hydroxyl groups excluding tert-OH is 1. The number of carbonyl (C=O) groups is 1. The van der Waals surface area contributed by atoms with Crippen molar-refractivity contribution in [3.63, 3.8) is 0 Å². The highest BCUT2D eigenvalue weighted by molar-refractivity contribution is 9.09. The van der Waals surface area contributed by atoms with Crippen LogP contribution in [0.4, 0.5) is 0 Å². The molecule has 1 rings (SSSR count). The smallest absolute Gasteiger partial charge is 0.311 e. The Labute approximate surface area is 67.5 Å². The molecule has 0 radical (unpaired) electrons. The van der Waals surface area contributed by atoms with Gasteiger partial charge in [-0.05, 0) is 6.42 Å². The Hall–Kier alpha value is -0.0900. The summed E-state index contributed by atoms with van der Waals surface area (Å²) in [5.74, 6) is -0.577. The monoisotopic (exact) mass is 208 g/mol. The van der Waals surface area contributed by atoms with Gasteiger partial charge in [-0.25, -0.2) is 0 Å². The third kappa shape index (κ3) is 1.49. The van der Waals surface area contributed by atoms with Crippen molar-refractivity contribution in [3.05, 3.63) is 0 Å². The summed E-state index contributed by atoms with van der Waals surface area (Å²) < 4.78 is 4.67. The summed E-state index contributed by atoms with van der Waals surface area (Å²) in [6.07, 6.45) is 0.0565. The number of alkyl halides is 1. The number of hydrogen-bond acceptors (Lipinski definition) is 3. The van der Waals surface area contributed by atoms with Gasteiger partial charge in [-0.1, -0.05) is 15.9 Å². The summed E-state index contributed by atoms with van der Waals surface area (Å²) in [6.45, 7) is 0.452. The predicted molar refractivity (Wildman–Crippen MR) is 38.9 cm³/mol. The first-order valence-corrected chi connectivity index (χ1v) is 4.28. The maximum absolute atomic E-state index is 10.8. The maximum atomic E-state index is 10.8. The number of aliphatic hydroxyl groups is 1. The van der Waals surface area contributed by atoms with E-state index in [0.717, 1.165) is 0 Å². The van der Waals surface area contributed by atoms with Crippen LogP contribution in [0.3, 0.4) is 0 Å². The molecule has 58 valence electrons. The van der Waals surface area contributed by atoms with Gasteiger partial charge in [0.15, 0.2) is 0 Å². The number of halogens is 1. The summed E-state index contributed by atoms with van der Waals surface area (Å²) >= 11 is 3.09. The van der Waals surface area contributed by atoms with E-state index in [2.05, 4.69) is 20.7 Å². The van der Waals surface area contributed by atoms with Gasteiger partial charge >= 0.3 is 5.97 Å². The van der Waals surface area contributed by atoms with Crippen molar-refractivity contribution in [2.45, 2.75) is 12.5 Å². The average Bonchev–Trinajstić information content (AvgIpc) is 2.34. The summed E-state index contributed by atoms with van der Waals surface area (Å²) in [5.41, 5.74) is 0. The van der Waals surface area contributed by atoms with E-state index in [1.807, 2.05) is 0 Å². The lowest BCUT2D eigenvalue weighted by Gasteiger charge is -2.09. The van der Waals surface area contributed by atoms with E-state index in [0.29, 0.717) is 18.4 Å². The molecule has 1 fully saturated rings. The van der Waals surface area contributed by atoms with Crippen LogP contribution >= 0.6 is 15.9 Å². The largest absolute Gasteiger partial charge is 0.465 e. The highest BCUT2D eigenvalue weighted by atomic mass is 79.9. The van der Waals surface area contributed by atoms with Crippen molar-refractivity contribution in [1.29, 1.82) is 0 Å². The second-order valence-corrected chi connectivity index (χ2v) is 2.93. The molecule has 0 aliphatic carbocycles. The van der Waals surface area contributed by atoms with E-state index in [1.165, 1.54) is 0 Å². The van der Waals surface area contributed by atoms with Crippen molar-refractivity contribution in [2.75, 3.05) is 11.9 Å². The van der Waals surface area contributed by atoms with Crippen LogP contribution in [0.25, 0.3) is 0 Å². The standard InChI is InChI=1S/C6H9BrO3/c7-3-5(8)4-1-2-10-6(4)9/h4-5,8H,1-3H2. The molecule has 0 bridgehead atoms. The van der Waals surface area contributed by atoms with E-state index in [9.17, 15) is 9.90 Å². The van der Waals surface area contributed by atoms with Gasteiger partial charge in [-0.3, -0.25) is 4.79 Å². The summed E-state index contributed by atoms with van der Waals surface area (Å²) in [5, 5.41) is 9.62. The van der Waals surface area contributed by atoms with Gasteiger partial charge < -0.3 is 9.84 Å². The molecule has 0 aromatic rings. The summed E-state index contributed by atoms with van der Waals surface area (Å²) in [7, 11) is 0. The number of rotatable bonds is 2. The van der Waals surface area contributed by atoms with Gasteiger partial charge in [-0.2, -0.15) is 0 Å². The Morgan fingerprint density at radius 1 is 1.90 bits per heavy atom. The third-order valence-electron chi connectivity index (χ3n) is 1.60. The number of hydrogen-bond donors (Lipinski definition) is 1. The molecule has 2 unspecified atom stereocenters. The van der Waals surface area contributed by atoms with E-state index >= 15 is 0 Å². The fourth-order valence-corrected chi connectivity index (χ4v) is 1.42. The molecular weight excluding hydrogens is 200 g/mol. The molecule has 1 N–H and O–H groups in total. The lowest BCUT2D eigenvalue weighted by molar-refractivity contribution is -0.143. The SMILES string of the molecule is O=C1OCCC1C(O)CBr. The maximum Gasteiger partial charge on any atom is 0.311 e. The zero-order valence-electron chi connectivity index (χ0n) is 5.42. The Balaban J connectivity index is 2.46. The topological polar surface area (TPSA) is 46.5 Å². The number of ether oxygens (including phenoxy) is 1. The Kier molecular flexibility index (Phi) is 2.68. The lowest BCUT2D eigenvalue weighted by Crippen LogP contribution is -2.25. The molecule has 1 saturated heterocycles. The molecule has 0 saturated carbocycles. The molecule has 3 nitrogen and oxygen atoms in total. The van der Waals surface area contributed by atoms with Crippen molar-refractivity contribution in [3.8, 4) is 0 Å². The fourth-order valence-electron chi connectivity index (χ4n) is 0.968. The predicted octanol–water partition coefficient (Wildman–Crippen LogP) is 0.305. The minimum Gasteiger partial charge on any atom is -0.465 e. The second-order valence-electron chi connectivity index (χ2n) is 2.28. The Bertz CT molecular complexity index is 137. The van der Waals surface area contributed by atoms with Crippen LogP contribution in [-0.2, 0) is 9.53 Å². The molecule has 0 spiro atoms. The Morgan fingerprint density at radius 3 is 3.00 bits per heavy atom. The van der Waals surface area contributed by atoms with Gasteiger partial charge in [0.25, 0.3) is 0 Å². The molecule has 0 amide bonds. The minimum atomic E-state index is -0.588. The molecule has 0 aromatic heterocycles. The van der Waals surface area contributed by atoms with Crippen LogP contribution in [-0.4, -0.2) is 29.1 Å². The van der Waals surface area contributed by atoms with Crippen LogP contribution in [0.5, 0.6) is 0 Å². The first-order valence-electron chi connectivity index (χ1n) is 3.16. The van der Waals surface area contributed by atoms with E-state index in [1.54, 1.807) is 0 Å². The molecule has 10 heavy (non-hydrogen) atoms. The van der Waals surface area contributed by atoms with Crippen molar-refractivity contribution >= 4 is 21.9 Å². The highest BCUT2D eigenvalue weighted by Gasteiger charge is 2.32. The van der Waals surface area contributed by atoms with E-state index in [-0.39, 0.29) is 11.9 Å². The Morgan fingerprint density at radius 2 is 2.60 bits per heavy atom. The van der Waals surface area contributed by atoms with Crippen LogP contribution in [0.1, 0.15) is 6.42 Å². The third-order valence-corrected chi connectivity index (χ3v) is 2.26. The first kappa shape index (κ1) is 8.01. The zero-order valence-corrected chi connectivity index (χ0v) is 7.00. The van der Waals surface area contributed by atoms with Gasteiger partial charge in [0.05, 0.1) is 18.6 Å². The molecule has 4 heteroatoms. The normalized spacial score (nSPS) is 28.2. The number of esters is 1. The quantitative estimate of drug-likeness (QED) is 0.525. The van der Waals surface area contributed by atoms with Crippen molar-refractivity contribution in [2.24, 2.45) is 5.92 Å².